The van der Waals surface area contributed by atoms with Crippen LogP contribution in [-0.4, -0.2) is 36.9 Å². The molecule has 0 radical (unpaired) electrons. The first-order chi connectivity index (χ1) is 10.3. The van der Waals surface area contributed by atoms with E-state index in [2.05, 4.69) is 15.5 Å². The van der Waals surface area contributed by atoms with Crippen molar-refractivity contribution in [1.29, 1.82) is 0 Å². The van der Waals surface area contributed by atoms with Gasteiger partial charge in [0.25, 0.3) is 5.91 Å². The van der Waals surface area contributed by atoms with E-state index >= 15 is 0 Å². The molecule has 22 heavy (non-hydrogen) atoms. The van der Waals surface area contributed by atoms with Crippen LogP contribution in [0.5, 0.6) is 0 Å². The van der Waals surface area contributed by atoms with E-state index in [9.17, 15) is 9.59 Å². The second kappa shape index (κ2) is 5.84. The predicted octanol–water partition coefficient (Wildman–Crippen LogP) is 0.553. The zero-order chi connectivity index (χ0) is 16.3. The predicted molar refractivity (Wildman–Crippen MR) is 81.1 cm³/mol. The SMILES string of the molecule is CC(=O)NC(C)(C)/C=C/n1ncc(C(N)=O)c1-n1cccn1. The fourth-order valence-electron chi connectivity index (χ4n) is 2.01. The lowest BCUT2D eigenvalue weighted by molar-refractivity contribution is -0.120. The monoisotopic (exact) mass is 302 g/mol. The normalized spacial score (nSPS) is 11.8. The van der Waals surface area contributed by atoms with Crippen molar-refractivity contribution in [2.45, 2.75) is 26.3 Å². The maximum absolute atomic E-state index is 11.5. The molecular formula is C14H18N6O2. The minimum atomic E-state index is -0.591. The highest BCUT2D eigenvalue weighted by Gasteiger charge is 2.18. The van der Waals surface area contributed by atoms with E-state index < -0.39 is 11.4 Å². The van der Waals surface area contributed by atoms with Crippen LogP contribution in [0.4, 0.5) is 0 Å². The number of nitrogens with one attached hydrogen (secondary N) is 1. The Morgan fingerprint density at radius 2 is 2.09 bits per heavy atom. The zero-order valence-corrected chi connectivity index (χ0v) is 12.6. The lowest BCUT2D eigenvalue weighted by atomic mass is 10.1. The van der Waals surface area contributed by atoms with Gasteiger partial charge in [0.15, 0.2) is 5.82 Å². The second-order valence-corrected chi connectivity index (χ2v) is 5.36. The summed E-state index contributed by atoms with van der Waals surface area (Å²) in [4.78, 5) is 22.7. The van der Waals surface area contributed by atoms with E-state index in [0.717, 1.165) is 0 Å². The number of rotatable bonds is 5. The third kappa shape index (κ3) is 3.40. The number of primary amides is 1. The molecule has 0 spiro atoms. The Balaban J connectivity index is 2.40. The Hall–Kier alpha value is -2.90. The molecule has 2 amide bonds. The summed E-state index contributed by atoms with van der Waals surface area (Å²) in [5.74, 6) is -0.293. The van der Waals surface area contributed by atoms with E-state index in [1.165, 1.54) is 22.5 Å². The van der Waals surface area contributed by atoms with Crippen LogP contribution >= 0.6 is 0 Å². The standard InChI is InChI=1S/C14H18N6O2/c1-10(21)18-14(2,3)5-8-20-13(19-7-4-6-16-19)11(9-17-20)12(15)22/h4-9H,1-3H3,(H2,15,22)(H,18,21)/b8-5+. The van der Waals surface area contributed by atoms with Crippen molar-refractivity contribution in [1.82, 2.24) is 24.9 Å². The third-order valence-electron chi connectivity index (χ3n) is 2.89. The molecule has 0 aliphatic rings. The third-order valence-corrected chi connectivity index (χ3v) is 2.89. The molecule has 0 saturated heterocycles. The van der Waals surface area contributed by atoms with E-state index in [1.807, 2.05) is 13.8 Å². The Labute approximate surface area is 127 Å². The van der Waals surface area contributed by atoms with Gasteiger partial charge >= 0.3 is 0 Å². The fourth-order valence-corrected chi connectivity index (χ4v) is 2.01. The van der Waals surface area contributed by atoms with Crippen molar-refractivity contribution in [3.05, 3.63) is 36.3 Å². The summed E-state index contributed by atoms with van der Waals surface area (Å²) in [6.07, 6.45) is 8.08. The average Bonchev–Trinajstić information content (AvgIpc) is 3.03. The molecule has 0 atom stereocenters. The fraction of sp³-hybridized carbons (Fsp3) is 0.286. The minimum absolute atomic E-state index is 0.139. The second-order valence-electron chi connectivity index (χ2n) is 5.36. The summed E-state index contributed by atoms with van der Waals surface area (Å²) in [6.45, 7) is 5.14. The van der Waals surface area contributed by atoms with Gasteiger partial charge in [0.05, 0.1) is 11.7 Å². The largest absolute Gasteiger partial charge is 0.365 e. The molecule has 3 N–H and O–H groups in total. The van der Waals surface area contributed by atoms with E-state index in [1.54, 1.807) is 30.7 Å². The van der Waals surface area contributed by atoms with Gasteiger partial charge in [-0.1, -0.05) is 0 Å². The Kier molecular flexibility index (Phi) is 4.11. The van der Waals surface area contributed by atoms with Crippen LogP contribution in [0.25, 0.3) is 12.0 Å². The Bertz CT molecular complexity index is 712. The summed E-state index contributed by atoms with van der Waals surface area (Å²) in [5, 5.41) is 11.0. The highest BCUT2D eigenvalue weighted by atomic mass is 16.1. The average molecular weight is 302 g/mol. The van der Waals surface area contributed by atoms with Gasteiger partial charge in [0.1, 0.15) is 5.56 Å². The van der Waals surface area contributed by atoms with Crippen molar-refractivity contribution in [3.63, 3.8) is 0 Å². The highest BCUT2D eigenvalue weighted by Crippen LogP contribution is 2.15. The number of aromatic nitrogens is 4. The quantitative estimate of drug-likeness (QED) is 0.841. The van der Waals surface area contributed by atoms with Gasteiger partial charge < -0.3 is 11.1 Å². The number of carbonyl (C=O) groups excluding carboxylic acids is 2. The van der Waals surface area contributed by atoms with Gasteiger partial charge in [-0.2, -0.15) is 10.2 Å². The first kappa shape index (κ1) is 15.5. The van der Waals surface area contributed by atoms with Gasteiger partial charge in [-0.15, -0.1) is 0 Å². The number of hydrogen-bond donors (Lipinski definition) is 2. The van der Waals surface area contributed by atoms with Crippen LogP contribution in [0.1, 0.15) is 31.1 Å². The topological polar surface area (TPSA) is 108 Å². The van der Waals surface area contributed by atoms with Crippen LogP contribution in [-0.2, 0) is 4.79 Å². The summed E-state index contributed by atoms with van der Waals surface area (Å²) < 4.78 is 2.99. The maximum Gasteiger partial charge on any atom is 0.254 e. The molecule has 0 aliphatic heterocycles. The highest BCUT2D eigenvalue weighted by molar-refractivity contribution is 5.95. The zero-order valence-electron chi connectivity index (χ0n) is 12.6. The van der Waals surface area contributed by atoms with Crippen molar-refractivity contribution in [2.75, 3.05) is 0 Å². The van der Waals surface area contributed by atoms with E-state index in [-0.39, 0.29) is 11.5 Å². The van der Waals surface area contributed by atoms with Gasteiger partial charge in [-0.3, -0.25) is 9.59 Å². The molecule has 0 unspecified atom stereocenters. The van der Waals surface area contributed by atoms with Gasteiger partial charge in [-0.05, 0) is 26.0 Å². The molecule has 0 fully saturated rings. The molecule has 2 rings (SSSR count). The molecule has 0 aromatic carbocycles. The molecular weight excluding hydrogens is 284 g/mol. The number of hydrogen-bond acceptors (Lipinski definition) is 4. The van der Waals surface area contributed by atoms with E-state index in [0.29, 0.717) is 5.82 Å². The molecule has 0 aliphatic carbocycles. The summed E-state index contributed by atoms with van der Waals surface area (Å²) >= 11 is 0. The maximum atomic E-state index is 11.5. The van der Waals surface area contributed by atoms with E-state index in [4.69, 9.17) is 5.73 Å². The molecule has 2 aromatic heterocycles. The van der Waals surface area contributed by atoms with Crippen molar-refractivity contribution in [2.24, 2.45) is 5.73 Å². The molecule has 2 heterocycles. The molecule has 0 bridgehead atoms. The van der Waals surface area contributed by atoms with Gasteiger partial charge in [-0.25, -0.2) is 9.36 Å². The number of nitrogens with two attached hydrogens (primary N) is 1. The number of nitrogens with zero attached hydrogens (tertiary/aromatic N) is 4. The number of carbonyl (C=O) groups is 2. The van der Waals surface area contributed by atoms with Gasteiger partial charge in [0, 0.05) is 25.5 Å². The lowest BCUT2D eigenvalue weighted by Crippen LogP contribution is -2.40. The lowest BCUT2D eigenvalue weighted by Gasteiger charge is -2.21. The smallest absolute Gasteiger partial charge is 0.254 e. The van der Waals surface area contributed by atoms with Crippen molar-refractivity contribution < 1.29 is 9.59 Å². The minimum Gasteiger partial charge on any atom is -0.365 e. The number of amides is 2. The van der Waals surface area contributed by atoms with Crippen LogP contribution in [0.3, 0.4) is 0 Å². The summed E-state index contributed by atoms with van der Waals surface area (Å²) in [6, 6.07) is 1.73. The van der Waals surface area contributed by atoms with Crippen molar-refractivity contribution in [3.8, 4) is 5.82 Å². The molecule has 2 aromatic rings. The van der Waals surface area contributed by atoms with Crippen LogP contribution in [0, 0.1) is 0 Å². The molecule has 0 saturated carbocycles. The Morgan fingerprint density at radius 1 is 1.36 bits per heavy atom. The molecule has 116 valence electrons. The molecule has 8 nitrogen and oxygen atoms in total. The Morgan fingerprint density at radius 3 is 2.64 bits per heavy atom. The van der Waals surface area contributed by atoms with Crippen LogP contribution in [0.15, 0.2) is 30.7 Å². The van der Waals surface area contributed by atoms with Crippen LogP contribution < -0.4 is 11.1 Å². The first-order valence-electron chi connectivity index (χ1n) is 6.65. The summed E-state index contributed by atoms with van der Waals surface area (Å²) in [5.41, 5.74) is 5.06. The molecule has 8 heteroatoms. The first-order valence-corrected chi connectivity index (χ1v) is 6.65. The summed E-state index contributed by atoms with van der Waals surface area (Å²) in [7, 11) is 0. The van der Waals surface area contributed by atoms with Gasteiger partial charge in [0.2, 0.25) is 5.91 Å². The van der Waals surface area contributed by atoms with Crippen LogP contribution in [0.2, 0.25) is 0 Å². The van der Waals surface area contributed by atoms with Crippen molar-refractivity contribution >= 4 is 18.0 Å².